The molecule has 2 heterocycles. The monoisotopic (exact) mass is 388 g/mol. The molecule has 0 aliphatic heterocycles. The summed E-state index contributed by atoms with van der Waals surface area (Å²) in [4.78, 5) is 10.3. The molecule has 0 radical (unpaired) electrons. The molecule has 1 aromatic carbocycles. The Hall–Kier alpha value is -2.75. The predicted octanol–water partition coefficient (Wildman–Crippen LogP) is 4.28. The molecule has 27 heavy (non-hydrogen) atoms. The molecule has 0 unspecified atom stereocenters. The predicted molar refractivity (Wildman–Crippen MR) is 100 cm³/mol. The van der Waals surface area contributed by atoms with Crippen LogP contribution in [0.5, 0.6) is 0 Å². The molecule has 0 spiro atoms. The fourth-order valence-electron chi connectivity index (χ4n) is 2.47. The van der Waals surface area contributed by atoms with Gasteiger partial charge in [0.1, 0.15) is 6.33 Å². The van der Waals surface area contributed by atoms with Crippen molar-refractivity contribution in [1.29, 1.82) is 0 Å². The Morgan fingerprint density at radius 3 is 2.70 bits per heavy atom. The number of rotatable bonds is 9. The van der Waals surface area contributed by atoms with E-state index in [0.717, 1.165) is 24.5 Å². The van der Waals surface area contributed by atoms with E-state index in [1.165, 1.54) is 30.3 Å². The Morgan fingerprint density at radius 1 is 1.22 bits per heavy atom. The smallest absolute Gasteiger partial charge is 0.269 e. The van der Waals surface area contributed by atoms with Crippen LogP contribution in [-0.2, 0) is 6.54 Å². The van der Waals surface area contributed by atoms with Crippen LogP contribution in [-0.4, -0.2) is 29.9 Å². The Balaban J connectivity index is 1.67. The summed E-state index contributed by atoms with van der Waals surface area (Å²) >= 11 is 1.51. The highest BCUT2D eigenvalue weighted by molar-refractivity contribution is 7.99. The molecule has 0 bridgehead atoms. The van der Waals surface area contributed by atoms with Crippen molar-refractivity contribution in [3.05, 3.63) is 46.6 Å². The van der Waals surface area contributed by atoms with Crippen molar-refractivity contribution in [3.63, 3.8) is 0 Å². The van der Waals surface area contributed by atoms with Gasteiger partial charge in [-0.25, -0.2) is 0 Å². The second-order valence-corrected chi connectivity index (χ2v) is 7.33. The molecule has 0 aliphatic rings. The summed E-state index contributed by atoms with van der Waals surface area (Å²) in [6.45, 7) is 5.01. The topological polar surface area (TPSA) is 113 Å². The summed E-state index contributed by atoms with van der Waals surface area (Å²) in [6, 6.07) is 6.02. The van der Waals surface area contributed by atoms with E-state index in [1.54, 1.807) is 18.5 Å². The molecule has 0 amide bonds. The van der Waals surface area contributed by atoms with E-state index in [0.29, 0.717) is 17.3 Å². The minimum Gasteiger partial charge on any atom is -0.419 e. The number of nitro benzene ring substituents is 1. The zero-order valence-corrected chi connectivity index (χ0v) is 15.9. The van der Waals surface area contributed by atoms with E-state index in [9.17, 15) is 10.1 Å². The zero-order valence-electron chi connectivity index (χ0n) is 15.1. The van der Waals surface area contributed by atoms with Crippen LogP contribution in [0.4, 0.5) is 5.69 Å². The first-order chi connectivity index (χ1) is 13.1. The van der Waals surface area contributed by atoms with E-state index < -0.39 is 4.92 Å². The van der Waals surface area contributed by atoms with Crippen molar-refractivity contribution in [1.82, 2.24) is 25.0 Å². The van der Waals surface area contributed by atoms with Gasteiger partial charge in [-0.1, -0.05) is 31.5 Å². The Kier molecular flexibility index (Phi) is 6.17. The summed E-state index contributed by atoms with van der Waals surface area (Å²) in [6.07, 6.45) is 5.15. The lowest BCUT2D eigenvalue weighted by Crippen LogP contribution is -2.00. The number of thioether (sulfide) groups is 1. The average Bonchev–Trinajstić information content (AvgIpc) is 3.32. The largest absolute Gasteiger partial charge is 0.419 e. The lowest BCUT2D eigenvalue weighted by atomic mass is 10.2. The quantitative estimate of drug-likeness (QED) is 0.231. The van der Waals surface area contributed by atoms with Gasteiger partial charge in [0, 0.05) is 24.2 Å². The number of aromatic nitrogens is 5. The maximum Gasteiger partial charge on any atom is 0.269 e. The summed E-state index contributed by atoms with van der Waals surface area (Å²) in [7, 11) is 0. The minimum atomic E-state index is -0.446. The normalized spacial score (nSPS) is 12.2. The van der Waals surface area contributed by atoms with Gasteiger partial charge in [0.05, 0.1) is 10.2 Å². The molecule has 2 aromatic heterocycles. The summed E-state index contributed by atoms with van der Waals surface area (Å²) < 4.78 is 7.78. The molecule has 142 valence electrons. The van der Waals surface area contributed by atoms with Gasteiger partial charge in [0.25, 0.3) is 5.69 Å². The summed E-state index contributed by atoms with van der Waals surface area (Å²) in [5.41, 5.74) is 0.657. The fraction of sp³-hybridized carbons (Fsp3) is 0.412. The van der Waals surface area contributed by atoms with E-state index >= 15 is 0 Å². The average molecular weight is 388 g/mol. The lowest BCUT2D eigenvalue weighted by Gasteiger charge is -2.08. The first-order valence-electron chi connectivity index (χ1n) is 8.71. The maximum absolute atomic E-state index is 10.7. The lowest BCUT2D eigenvalue weighted by molar-refractivity contribution is -0.384. The highest BCUT2D eigenvalue weighted by Gasteiger charge is 2.19. The van der Waals surface area contributed by atoms with Gasteiger partial charge in [-0.2, -0.15) is 0 Å². The van der Waals surface area contributed by atoms with Crippen LogP contribution in [0.2, 0.25) is 0 Å². The molecule has 0 fully saturated rings. The Labute approximate surface area is 160 Å². The van der Waals surface area contributed by atoms with Crippen molar-refractivity contribution in [2.45, 2.75) is 50.1 Å². The van der Waals surface area contributed by atoms with Crippen molar-refractivity contribution in [3.8, 4) is 11.5 Å². The van der Waals surface area contributed by atoms with Crippen LogP contribution >= 0.6 is 11.8 Å². The number of aryl methyl sites for hydroxylation is 1. The van der Waals surface area contributed by atoms with Crippen molar-refractivity contribution >= 4 is 17.4 Å². The Bertz CT molecular complexity index is 892. The molecule has 1 atom stereocenters. The summed E-state index contributed by atoms with van der Waals surface area (Å²) in [5.74, 6) is 0.799. The van der Waals surface area contributed by atoms with Gasteiger partial charge in [-0.3, -0.25) is 10.1 Å². The van der Waals surface area contributed by atoms with Crippen molar-refractivity contribution in [2.24, 2.45) is 0 Å². The van der Waals surface area contributed by atoms with E-state index in [2.05, 4.69) is 27.3 Å². The highest BCUT2D eigenvalue weighted by Crippen LogP contribution is 2.34. The fourth-order valence-corrected chi connectivity index (χ4v) is 3.35. The number of benzene rings is 1. The van der Waals surface area contributed by atoms with Gasteiger partial charge < -0.3 is 8.98 Å². The van der Waals surface area contributed by atoms with Gasteiger partial charge in [-0.05, 0) is 25.5 Å². The van der Waals surface area contributed by atoms with E-state index in [4.69, 9.17) is 4.42 Å². The molecular weight excluding hydrogens is 368 g/mol. The van der Waals surface area contributed by atoms with Crippen LogP contribution in [0.25, 0.3) is 11.5 Å². The molecular formula is C17H20N6O3S. The SMILES string of the molecule is CCCCCn1cnnc1S[C@H](C)c1nnc(-c2ccc([N+](=O)[O-])cc2)o1. The third-order valence-corrected chi connectivity index (χ3v) is 5.06. The first-order valence-corrected chi connectivity index (χ1v) is 9.59. The van der Waals surface area contributed by atoms with Crippen LogP contribution in [0.15, 0.2) is 40.2 Å². The summed E-state index contributed by atoms with van der Waals surface area (Å²) in [5, 5.41) is 27.8. The number of nitro groups is 1. The molecule has 3 aromatic rings. The molecule has 3 rings (SSSR count). The van der Waals surface area contributed by atoms with Gasteiger partial charge in [0.15, 0.2) is 5.16 Å². The number of hydrogen-bond acceptors (Lipinski definition) is 8. The van der Waals surface area contributed by atoms with Crippen LogP contribution in [0, 0.1) is 10.1 Å². The number of unbranched alkanes of at least 4 members (excludes halogenated alkanes) is 2. The maximum atomic E-state index is 10.7. The zero-order chi connectivity index (χ0) is 19.2. The van der Waals surface area contributed by atoms with Gasteiger partial charge in [-0.15, -0.1) is 20.4 Å². The van der Waals surface area contributed by atoms with E-state index in [1.807, 2.05) is 11.5 Å². The van der Waals surface area contributed by atoms with Crippen LogP contribution < -0.4 is 0 Å². The number of non-ortho nitro benzene ring substituents is 1. The molecule has 0 aliphatic carbocycles. The Morgan fingerprint density at radius 2 is 2.00 bits per heavy atom. The number of nitrogens with zero attached hydrogens (tertiary/aromatic N) is 6. The van der Waals surface area contributed by atoms with Crippen molar-refractivity contribution < 1.29 is 9.34 Å². The standard InChI is InChI=1S/C17H20N6O3S/c1-3-4-5-10-22-11-18-21-17(22)27-12(2)15-19-20-16(26-15)13-6-8-14(9-7-13)23(24)25/h6-9,11-12H,3-5,10H2,1-2H3/t12-/m1/s1. The third kappa shape index (κ3) is 4.70. The van der Waals surface area contributed by atoms with Crippen molar-refractivity contribution in [2.75, 3.05) is 0 Å². The second-order valence-electron chi connectivity index (χ2n) is 6.02. The third-order valence-electron chi connectivity index (χ3n) is 3.98. The number of hydrogen-bond donors (Lipinski definition) is 0. The highest BCUT2D eigenvalue weighted by atomic mass is 32.2. The van der Waals surface area contributed by atoms with Crippen LogP contribution in [0.3, 0.4) is 0 Å². The first kappa shape index (κ1) is 19.0. The molecule has 0 saturated carbocycles. The van der Waals surface area contributed by atoms with E-state index in [-0.39, 0.29) is 10.9 Å². The molecule has 10 heteroatoms. The van der Waals surface area contributed by atoms with Crippen LogP contribution in [0.1, 0.15) is 44.3 Å². The molecule has 0 N–H and O–H groups in total. The molecule has 0 saturated heterocycles. The second kappa shape index (κ2) is 8.76. The minimum absolute atomic E-state index is 0.0184. The van der Waals surface area contributed by atoms with Gasteiger partial charge in [0.2, 0.25) is 11.8 Å². The molecule has 9 nitrogen and oxygen atoms in total. The van der Waals surface area contributed by atoms with Gasteiger partial charge >= 0.3 is 0 Å².